The minimum atomic E-state index is -0.766. The largest absolute Gasteiger partial charge is 0.368 e. The summed E-state index contributed by atoms with van der Waals surface area (Å²) in [6.07, 6.45) is 6.89. The van der Waals surface area contributed by atoms with E-state index in [9.17, 15) is 9.59 Å². The molecule has 4 rings (SSSR count). The summed E-state index contributed by atoms with van der Waals surface area (Å²) in [6, 6.07) is 5.85. The van der Waals surface area contributed by atoms with Crippen molar-refractivity contribution >= 4 is 56.1 Å². The highest BCUT2D eigenvalue weighted by Crippen LogP contribution is 2.38. The number of nitrogens with one attached hydrogen (secondary N) is 2. The molecule has 168 valence electrons. The fourth-order valence-corrected chi connectivity index (χ4v) is 4.26. The summed E-state index contributed by atoms with van der Waals surface area (Å²) in [4.78, 5) is 28.0. The molecule has 0 aliphatic heterocycles. The molecule has 0 radical (unpaired) electrons. The van der Waals surface area contributed by atoms with Crippen molar-refractivity contribution in [2.75, 3.05) is 10.6 Å². The van der Waals surface area contributed by atoms with Crippen LogP contribution in [0.15, 0.2) is 28.9 Å². The van der Waals surface area contributed by atoms with Gasteiger partial charge in [0.15, 0.2) is 11.5 Å². The molecule has 1 atom stereocenters. The molecule has 0 spiro atoms. The van der Waals surface area contributed by atoms with Crippen LogP contribution in [0.5, 0.6) is 0 Å². The van der Waals surface area contributed by atoms with Gasteiger partial charge in [0.25, 0.3) is 5.91 Å². The summed E-state index contributed by atoms with van der Waals surface area (Å²) < 4.78 is 3.15. The van der Waals surface area contributed by atoms with E-state index in [0.717, 1.165) is 40.3 Å². The van der Waals surface area contributed by atoms with Crippen LogP contribution in [0.4, 0.5) is 17.5 Å². The topological polar surface area (TPSA) is 154 Å². The molecular weight excluding hydrogens is 476 g/mol. The first-order valence-electron chi connectivity index (χ1n) is 10.5. The summed E-state index contributed by atoms with van der Waals surface area (Å²) in [5.41, 5.74) is 12.7. The van der Waals surface area contributed by atoms with Crippen molar-refractivity contribution in [2.45, 2.75) is 51.1 Å². The maximum Gasteiger partial charge on any atom is 0.273 e. The number of rotatable bonds is 9. The van der Waals surface area contributed by atoms with Crippen LogP contribution in [0.3, 0.4) is 0 Å². The minimum Gasteiger partial charge on any atom is -0.368 e. The number of nitrogens with zero attached hydrogens (tertiary/aromatic N) is 4. The molecule has 1 saturated carbocycles. The number of hydrogen-bond donors (Lipinski definition) is 4. The number of aromatic nitrogens is 4. The third-order valence-corrected chi connectivity index (χ3v) is 6.13. The van der Waals surface area contributed by atoms with E-state index in [1.807, 2.05) is 19.1 Å². The first-order chi connectivity index (χ1) is 15.4. The number of halogens is 1. The lowest BCUT2D eigenvalue weighted by atomic mass is 9.93. The van der Waals surface area contributed by atoms with Crippen molar-refractivity contribution in [1.82, 2.24) is 19.7 Å². The molecule has 2 heterocycles. The number of fused-ring (bicyclic) bond motifs is 1. The average Bonchev–Trinajstić information content (AvgIpc) is 3.09. The summed E-state index contributed by atoms with van der Waals surface area (Å²) in [5.74, 6) is -1.06. The Morgan fingerprint density at radius 2 is 2.06 bits per heavy atom. The first-order valence-corrected chi connectivity index (χ1v) is 11.3. The number of hydrogen-bond acceptors (Lipinski definition) is 7. The zero-order valence-corrected chi connectivity index (χ0v) is 19.2. The lowest BCUT2D eigenvalue weighted by Gasteiger charge is -2.28. The number of primary amides is 2. The molecule has 6 N–H and O–H groups in total. The van der Waals surface area contributed by atoms with E-state index in [1.54, 1.807) is 0 Å². The molecule has 1 aliphatic rings. The summed E-state index contributed by atoms with van der Waals surface area (Å²) in [7, 11) is 0. The Hall–Kier alpha value is -3.21. The number of carbonyl (C=O) groups is 2. The molecule has 3 aromatic rings. The fraction of sp³-hybridized carbons (Fsp3) is 0.381. The smallest absolute Gasteiger partial charge is 0.273 e. The van der Waals surface area contributed by atoms with Crippen LogP contribution in [-0.4, -0.2) is 37.6 Å². The Morgan fingerprint density at radius 1 is 1.28 bits per heavy atom. The lowest BCUT2D eigenvalue weighted by Crippen LogP contribution is -2.36. The van der Waals surface area contributed by atoms with Crippen LogP contribution in [0, 0.1) is 0 Å². The average molecular weight is 501 g/mol. The van der Waals surface area contributed by atoms with E-state index >= 15 is 0 Å². The molecule has 1 aliphatic carbocycles. The Bertz CT molecular complexity index is 1170. The molecule has 10 nitrogen and oxygen atoms in total. The van der Waals surface area contributed by atoms with Crippen molar-refractivity contribution in [3.63, 3.8) is 0 Å². The second-order valence-corrected chi connectivity index (χ2v) is 8.82. The summed E-state index contributed by atoms with van der Waals surface area (Å²) >= 11 is 3.58. The van der Waals surface area contributed by atoms with E-state index in [2.05, 4.69) is 58.6 Å². The highest BCUT2D eigenvalue weighted by molar-refractivity contribution is 9.10. The number of nitrogens with two attached hydrogens (primary N) is 2. The van der Waals surface area contributed by atoms with Gasteiger partial charge in [-0.05, 0) is 43.9 Å². The Balaban J connectivity index is 1.71. The van der Waals surface area contributed by atoms with Crippen molar-refractivity contribution in [1.29, 1.82) is 0 Å². The van der Waals surface area contributed by atoms with Crippen LogP contribution < -0.4 is 22.1 Å². The highest BCUT2D eigenvalue weighted by atomic mass is 79.9. The van der Waals surface area contributed by atoms with Gasteiger partial charge in [-0.1, -0.05) is 29.3 Å². The fourth-order valence-electron chi connectivity index (χ4n) is 3.81. The molecule has 0 bridgehead atoms. The minimum absolute atomic E-state index is 0.0769. The second-order valence-electron chi connectivity index (χ2n) is 7.90. The number of amides is 2. The number of anilines is 3. The molecule has 2 amide bonds. The van der Waals surface area contributed by atoms with E-state index in [4.69, 9.17) is 11.5 Å². The predicted octanol–water partition coefficient (Wildman–Crippen LogP) is 3.22. The van der Waals surface area contributed by atoms with Gasteiger partial charge in [-0.25, -0.2) is 0 Å². The van der Waals surface area contributed by atoms with Gasteiger partial charge in [0.1, 0.15) is 6.04 Å². The molecular formula is C21H25BrN8O2. The van der Waals surface area contributed by atoms with Crippen LogP contribution >= 0.6 is 15.9 Å². The molecule has 2 aromatic heterocycles. The predicted molar refractivity (Wildman–Crippen MR) is 126 cm³/mol. The highest BCUT2D eigenvalue weighted by Gasteiger charge is 2.23. The van der Waals surface area contributed by atoms with Gasteiger partial charge in [0, 0.05) is 22.1 Å². The maximum atomic E-state index is 12.0. The van der Waals surface area contributed by atoms with Gasteiger partial charge in [0.2, 0.25) is 11.9 Å². The zero-order chi connectivity index (χ0) is 22.8. The van der Waals surface area contributed by atoms with E-state index in [-0.39, 0.29) is 17.5 Å². The van der Waals surface area contributed by atoms with Crippen molar-refractivity contribution < 1.29 is 9.59 Å². The lowest BCUT2D eigenvalue weighted by molar-refractivity contribution is -0.118. The van der Waals surface area contributed by atoms with Gasteiger partial charge in [-0.3, -0.25) is 9.59 Å². The normalized spacial score (nSPS) is 14.7. The Kier molecular flexibility index (Phi) is 6.26. The SMILES string of the molecule is CCC[C@@H](Nc1nnc(C(N)=O)c(Nc2cc(Br)cc3c2ccn3C2CCC2)n1)C(N)=O. The summed E-state index contributed by atoms with van der Waals surface area (Å²) in [6.45, 7) is 1.94. The molecule has 11 heteroatoms. The number of benzene rings is 1. The molecule has 0 unspecified atom stereocenters. The van der Waals surface area contributed by atoms with Gasteiger partial charge in [-0.2, -0.15) is 4.98 Å². The van der Waals surface area contributed by atoms with E-state index < -0.39 is 17.9 Å². The van der Waals surface area contributed by atoms with Gasteiger partial charge < -0.3 is 26.7 Å². The maximum absolute atomic E-state index is 12.0. The van der Waals surface area contributed by atoms with Crippen LogP contribution in [0.1, 0.15) is 55.6 Å². The van der Waals surface area contributed by atoms with Crippen LogP contribution in [0.25, 0.3) is 10.9 Å². The van der Waals surface area contributed by atoms with Gasteiger partial charge in [-0.15, -0.1) is 10.2 Å². The van der Waals surface area contributed by atoms with E-state index in [1.165, 1.54) is 6.42 Å². The van der Waals surface area contributed by atoms with Crippen molar-refractivity contribution in [3.05, 3.63) is 34.6 Å². The first kappa shape index (κ1) is 22.0. The molecule has 1 aromatic carbocycles. The number of carbonyl (C=O) groups excluding carboxylic acids is 2. The summed E-state index contributed by atoms with van der Waals surface area (Å²) in [5, 5.41) is 14.9. The third-order valence-electron chi connectivity index (χ3n) is 5.67. The van der Waals surface area contributed by atoms with Crippen molar-refractivity contribution in [3.8, 4) is 0 Å². The van der Waals surface area contributed by atoms with Crippen LogP contribution in [0.2, 0.25) is 0 Å². The second kappa shape index (κ2) is 9.11. The van der Waals surface area contributed by atoms with Gasteiger partial charge in [0.05, 0.1) is 11.2 Å². The monoisotopic (exact) mass is 500 g/mol. The molecule has 0 saturated heterocycles. The Labute approximate surface area is 193 Å². The quantitative estimate of drug-likeness (QED) is 0.351. The third kappa shape index (κ3) is 4.38. The Morgan fingerprint density at radius 3 is 2.69 bits per heavy atom. The zero-order valence-electron chi connectivity index (χ0n) is 17.6. The van der Waals surface area contributed by atoms with Gasteiger partial charge >= 0.3 is 0 Å². The van der Waals surface area contributed by atoms with E-state index in [0.29, 0.717) is 12.5 Å². The standard InChI is InChI=1S/C21H25BrN8O2/c1-2-4-14(18(23)31)26-21-27-20(17(19(24)32)28-29-21)25-15-9-11(22)10-16-13(15)7-8-30(16)12-5-3-6-12/h7-10,12,14H,2-6H2,1H3,(H2,23,31)(H2,24,32)(H2,25,26,27,29)/t14-/m1/s1. The molecule has 32 heavy (non-hydrogen) atoms. The van der Waals surface area contributed by atoms with Crippen molar-refractivity contribution in [2.24, 2.45) is 11.5 Å². The molecule has 1 fully saturated rings. The van der Waals surface area contributed by atoms with Crippen LogP contribution in [-0.2, 0) is 4.79 Å².